The summed E-state index contributed by atoms with van der Waals surface area (Å²) in [5.74, 6) is -1.90. The number of rotatable bonds is 6. The summed E-state index contributed by atoms with van der Waals surface area (Å²) in [5, 5.41) is 11.6. The number of alkyl halides is 6. The lowest BCUT2D eigenvalue weighted by Gasteiger charge is -2.18. The Morgan fingerprint density at radius 3 is 2.29 bits per heavy atom. The number of hydrogen-bond acceptors (Lipinski definition) is 3. The summed E-state index contributed by atoms with van der Waals surface area (Å²) in [5.41, 5.74) is -3.03. The Hall–Kier alpha value is -3.11. The largest absolute Gasteiger partial charge is 0.507 e. The van der Waals surface area contributed by atoms with Gasteiger partial charge in [0.2, 0.25) is 0 Å². The summed E-state index contributed by atoms with van der Waals surface area (Å²) in [6, 6.07) is 9.38. The fraction of sp³-hybridized carbons (Fsp3) is 0.174. The lowest BCUT2D eigenvalue weighted by atomic mass is 10.0. The number of aromatic hydroxyl groups is 1. The van der Waals surface area contributed by atoms with Crippen LogP contribution in [0.3, 0.4) is 0 Å². The van der Waals surface area contributed by atoms with E-state index in [1.807, 2.05) is 0 Å². The van der Waals surface area contributed by atoms with E-state index in [4.69, 9.17) is 27.9 Å². The van der Waals surface area contributed by atoms with Gasteiger partial charge >= 0.3 is 12.4 Å². The van der Waals surface area contributed by atoms with Crippen molar-refractivity contribution in [2.24, 2.45) is 0 Å². The number of ether oxygens (including phenoxy) is 1. The molecule has 0 aliphatic heterocycles. The molecule has 4 nitrogen and oxygen atoms in total. The minimum absolute atomic E-state index is 0.0785. The first-order valence-electron chi connectivity index (χ1n) is 9.76. The number of hydrogen-bond donors (Lipinski definition) is 2. The molecule has 0 aliphatic rings. The Labute approximate surface area is 205 Å². The Balaban J connectivity index is 1.91. The van der Waals surface area contributed by atoms with Gasteiger partial charge in [-0.25, -0.2) is 0 Å². The van der Waals surface area contributed by atoms with Crippen LogP contribution >= 0.6 is 23.2 Å². The Morgan fingerprint density at radius 2 is 1.63 bits per heavy atom. The van der Waals surface area contributed by atoms with Gasteiger partial charge in [-0.2, -0.15) is 26.3 Å². The van der Waals surface area contributed by atoms with E-state index in [-0.39, 0.29) is 28.3 Å². The third kappa shape index (κ3) is 6.52. The van der Waals surface area contributed by atoms with Crippen molar-refractivity contribution in [3.8, 4) is 11.5 Å². The van der Waals surface area contributed by atoms with Gasteiger partial charge in [0, 0.05) is 11.4 Å². The summed E-state index contributed by atoms with van der Waals surface area (Å²) >= 11 is 11.8. The lowest BCUT2D eigenvalue weighted by Crippen LogP contribution is -2.16. The van der Waals surface area contributed by atoms with Crippen LogP contribution < -0.4 is 10.1 Å². The highest BCUT2D eigenvalue weighted by molar-refractivity contribution is 6.33. The molecule has 12 heteroatoms. The highest BCUT2D eigenvalue weighted by Gasteiger charge is 2.34. The van der Waals surface area contributed by atoms with Crippen LogP contribution in [0.25, 0.3) is 0 Å². The molecule has 1 amide bonds. The topological polar surface area (TPSA) is 58.6 Å². The first-order chi connectivity index (χ1) is 16.3. The molecule has 3 aromatic rings. The molecule has 0 aromatic heterocycles. The number of nitrogens with one attached hydrogen (secondary N) is 1. The van der Waals surface area contributed by atoms with Crippen LogP contribution in [0, 0.1) is 0 Å². The highest BCUT2D eigenvalue weighted by atomic mass is 35.5. The molecule has 35 heavy (non-hydrogen) atoms. The van der Waals surface area contributed by atoms with Crippen molar-refractivity contribution in [1.29, 1.82) is 0 Å². The smallest absolute Gasteiger partial charge is 0.416 e. The van der Waals surface area contributed by atoms with Crippen molar-refractivity contribution >= 4 is 34.8 Å². The molecule has 0 radical (unpaired) electrons. The van der Waals surface area contributed by atoms with Gasteiger partial charge in [-0.15, -0.1) is 0 Å². The maximum atomic E-state index is 13.3. The molecule has 0 bridgehead atoms. The molecule has 0 unspecified atom stereocenters. The Morgan fingerprint density at radius 1 is 0.943 bits per heavy atom. The van der Waals surface area contributed by atoms with Crippen LogP contribution in [0.2, 0.25) is 10.0 Å². The summed E-state index contributed by atoms with van der Waals surface area (Å²) in [6.07, 6.45) is -9.69. The van der Waals surface area contributed by atoms with Gasteiger partial charge in [-0.1, -0.05) is 41.4 Å². The first-order valence-corrected chi connectivity index (χ1v) is 10.5. The molecular formula is C23H15Cl2F6NO3. The van der Waals surface area contributed by atoms with E-state index in [9.17, 15) is 36.2 Å². The minimum atomic E-state index is -4.83. The van der Waals surface area contributed by atoms with Crippen LogP contribution in [0.5, 0.6) is 11.5 Å². The van der Waals surface area contributed by atoms with E-state index in [1.165, 1.54) is 24.3 Å². The molecule has 0 saturated heterocycles. The Kier molecular flexibility index (Phi) is 7.76. The zero-order chi connectivity index (χ0) is 26.0. The van der Waals surface area contributed by atoms with Crippen LogP contribution in [-0.4, -0.2) is 17.6 Å². The second kappa shape index (κ2) is 10.2. The van der Waals surface area contributed by atoms with E-state index in [0.29, 0.717) is 12.1 Å². The third-order valence-corrected chi connectivity index (χ3v) is 5.28. The summed E-state index contributed by atoms with van der Waals surface area (Å²) in [7, 11) is 0. The average molecular weight is 538 g/mol. The van der Waals surface area contributed by atoms with Crippen molar-refractivity contribution in [3.05, 3.63) is 86.9 Å². The number of benzene rings is 3. The van der Waals surface area contributed by atoms with Crippen LogP contribution in [-0.2, 0) is 18.8 Å². The van der Waals surface area contributed by atoms with Gasteiger partial charge in [-0.05, 0) is 42.0 Å². The summed E-state index contributed by atoms with van der Waals surface area (Å²) < 4.78 is 85.0. The molecule has 0 spiro atoms. The molecule has 2 N–H and O–H groups in total. The van der Waals surface area contributed by atoms with Gasteiger partial charge < -0.3 is 15.2 Å². The van der Waals surface area contributed by atoms with Crippen molar-refractivity contribution in [2.75, 3.05) is 11.9 Å². The number of amides is 1. The molecule has 0 saturated carbocycles. The number of anilines is 1. The van der Waals surface area contributed by atoms with Gasteiger partial charge in [-0.3, -0.25) is 4.79 Å². The van der Waals surface area contributed by atoms with Gasteiger partial charge in [0.05, 0.1) is 34.0 Å². The molecule has 186 valence electrons. The maximum Gasteiger partial charge on any atom is 0.416 e. The van der Waals surface area contributed by atoms with E-state index < -0.39 is 52.5 Å². The minimum Gasteiger partial charge on any atom is -0.507 e. The van der Waals surface area contributed by atoms with Crippen LogP contribution in [0.4, 0.5) is 32.0 Å². The second-order valence-electron chi connectivity index (χ2n) is 7.20. The molecule has 0 atom stereocenters. The number of carbonyl (C=O) groups is 1. The van der Waals surface area contributed by atoms with E-state index in [0.717, 1.165) is 18.2 Å². The van der Waals surface area contributed by atoms with E-state index in [1.54, 1.807) is 0 Å². The zero-order valence-electron chi connectivity index (χ0n) is 17.4. The number of phenolic OH excluding ortho intramolecular Hbond substituents is 1. The lowest BCUT2D eigenvalue weighted by molar-refractivity contribution is -0.138. The normalized spacial score (nSPS) is 11.9. The highest BCUT2D eigenvalue weighted by Crippen LogP contribution is 2.41. The van der Waals surface area contributed by atoms with Gasteiger partial charge in [0.25, 0.3) is 5.91 Å². The predicted molar refractivity (Wildman–Crippen MR) is 118 cm³/mol. The fourth-order valence-electron chi connectivity index (χ4n) is 3.15. The molecule has 0 fully saturated rings. The first kappa shape index (κ1) is 26.5. The molecule has 3 aromatic carbocycles. The van der Waals surface area contributed by atoms with Gasteiger partial charge in [0.1, 0.15) is 5.75 Å². The third-order valence-electron chi connectivity index (χ3n) is 4.76. The van der Waals surface area contributed by atoms with Crippen molar-refractivity contribution in [2.45, 2.75) is 18.8 Å². The second-order valence-corrected chi connectivity index (χ2v) is 8.05. The maximum absolute atomic E-state index is 13.3. The quantitative estimate of drug-likeness (QED) is 0.318. The number of phenols is 1. The van der Waals surface area contributed by atoms with Crippen molar-refractivity contribution in [1.82, 2.24) is 0 Å². The standard InChI is InChI=1S/C23H15Cl2F6NO3/c24-14-5-6-19(33)15(11-14)21(34)32-18-10-13(22(26,27)28)9-17(25)20(18)35-8-7-12-3-1-2-4-16(12)23(29,30)31/h1-6,9-11,33H,7-8H2,(H,32,34). The molecular weight excluding hydrogens is 523 g/mol. The van der Waals surface area contributed by atoms with E-state index >= 15 is 0 Å². The molecule has 0 heterocycles. The monoisotopic (exact) mass is 537 g/mol. The summed E-state index contributed by atoms with van der Waals surface area (Å²) in [4.78, 5) is 12.6. The molecule has 3 rings (SSSR count). The SMILES string of the molecule is O=C(Nc1cc(C(F)(F)F)cc(Cl)c1OCCc1ccccc1C(F)(F)F)c1cc(Cl)ccc1O. The van der Waals surface area contributed by atoms with Crippen molar-refractivity contribution < 1.29 is 41.0 Å². The van der Waals surface area contributed by atoms with E-state index in [2.05, 4.69) is 5.32 Å². The van der Waals surface area contributed by atoms with Crippen LogP contribution in [0.1, 0.15) is 27.0 Å². The zero-order valence-corrected chi connectivity index (χ0v) is 18.9. The molecule has 0 aliphatic carbocycles. The number of halogens is 8. The predicted octanol–water partition coefficient (Wildman–Crippen LogP) is 7.61. The van der Waals surface area contributed by atoms with Crippen molar-refractivity contribution in [3.63, 3.8) is 0 Å². The van der Waals surface area contributed by atoms with Crippen LogP contribution in [0.15, 0.2) is 54.6 Å². The van der Waals surface area contributed by atoms with Gasteiger partial charge in [0.15, 0.2) is 5.75 Å². The Bertz CT molecular complexity index is 1240. The number of carbonyl (C=O) groups excluding carboxylic acids is 1. The average Bonchev–Trinajstić information content (AvgIpc) is 2.76. The fourth-order valence-corrected chi connectivity index (χ4v) is 3.60. The summed E-state index contributed by atoms with van der Waals surface area (Å²) in [6.45, 7) is -0.399.